The fourth-order valence-corrected chi connectivity index (χ4v) is 1.68. The zero-order valence-corrected chi connectivity index (χ0v) is 8.27. The molecule has 0 unspecified atom stereocenters. The minimum Gasteiger partial charge on any atom is -0.464 e. The van der Waals surface area contributed by atoms with Gasteiger partial charge in [0.05, 0.1) is 0 Å². The third-order valence-electron chi connectivity index (χ3n) is 2.58. The number of amides is 1. The molecule has 2 rings (SSSR count). The fraction of sp³-hybridized carbons (Fsp3) is 0.300. The van der Waals surface area contributed by atoms with Crippen LogP contribution in [0.3, 0.4) is 0 Å². The molecule has 1 aromatic carbocycles. The number of nitrogens with zero attached hydrogens (tertiary/aromatic N) is 2. The Kier molecular flexibility index (Phi) is 2.32. The molecule has 1 aliphatic heterocycles. The van der Waals surface area contributed by atoms with E-state index >= 15 is 0 Å². The van der Waals surface area contributed by atoms with Gasteiger partial charge in [0.1, 0.15) is 5.82 Å². The molecule has 1 heterocycles. The lowest BCUT2D eigenvalue weighted by atomic mass is 10.1. The van der Waals surface area contributed by atoms with Crippen LogP contribution in [-0.2, 0) is 13.1 Å². The molecule has 4 nitrogen and oxygen atoms in total. The summed E-state index contributed by atoms with van der Waals surface area (Å²) in [5, 5.41) is 11.6. The zero-order valence-electron chi connectivity index (χ0n) is 8.27. The third-order valence-corrected chi connectivity index (χ3v) is 2.58. The predicted octanol–water partition coefficient (Wildman–Crippen LogP) is 1.67. The first-order valence-electron chi connectivity index (χ1n) is 4.57. The number of benzene rings is 1. The molecule has 0 saturated heterocycles. The van der Waals surface area contributed by atoms with Gasteiger partial charge in [0, 0.05) is 20.1 Å². The van der Waals surface area contributed by atoms with Gasteiger partial charge in [0.2, 0.25) is 0 Å². The van der Waals surface area contributed by atoms with Crippen LogP contribution in [0.15, 0.2) is 18.2 Å². The maximum absolute atomic E-state index is 12.9. The lowest BCUT2D eigenvalue weighted by Gasteiger charge is -2.24. The van der Waals surface area contributed by atoms with Crippen molar-refractivity contribution in [2.24, 2.45) is 0 Å². The van der Waals surface area contributed by atoms with Gasteiger partial charge in [-0.2, -0.15) is 0 Å². The van der Waals surface area contributed by atoms with Gasteiger partial charge in [-0.1, -0.05) is 6.07 Å². The van der Waals surface area contributed by atoms with Crippen LogP contribution in [0, 0.1) is 5.82 Å². The quantitative estimate of drug-likeness (QED) is 0.766. The Balaban J connectivity index is 2.19. The van der Waals surface area contributed by atoms with Gasteiger partial charge >= 0.3 is 6.09 Å². The van der Waals surface area contributed by atoms with Gasteiger partial charge in [-0.3, -0.25) is 0 Å². The summed E-state index contributed by atoms with van der Waals surface area (Å²) in [7, 11) is 1.48. The molecular weight excluding hydrogens is 199 g/mol. The highest BCUT2D eigenvalue weighted by Crippen LogP contribution is 2.24. The largest absolute Gasteiger partial charge is 0.464 e. The second-order valence-electron chi connectivity index (χ2n) is 3.54. The van der Waals surface area contributed by atoms with Crippen molar-refractivity contribution < 1.29 is 14.3 Å². The van der Waals surface area contributed by atoms with Crippen molar-refractivity contribution in [1.82, 2.24) is 10.0 Å². The number of fused-ring (bicyclic) bond motifs is 1. The summed E-state index contributed by atoms with van der Waals surface area (Å²) in [6, 6.07) is 4.54. The van der Waals surface area contributed by atoms with Gasteiger partial charge in [0.25, 0.3) is 0 Å². The van der Waals surface area contributed by atoms with E-state index in [4.69, 9.17) is 5.11 Å². The van der Waals surface area contributed by atoms with Crippen molar-refractivity contribution in [3.05, 3.63) is 35.1 Å². The van der Waals surface area contributed by atoms with Gasteiger partial charge in [-0.15, -0.1) is 0 Å². The molecule has 0 saturated carbocycles. The Labute approximate surface area is 86.5 Å². The Bertz CT molecular complexity index is 408. The molecule has 0 bridgehead atoms. The third kappa shape index (κ3) is 1.78. The van der Waals surface area contributed by atoms with Crippen LogP contribution in [0.5, 0.6) is 0 Å². The minimum absolute atomic E-state index is 0.284. The highest BCUT2D eigenvalue weighted by molar-refractivity contribution is 5.64. The Morgan fingerprint density at radius 1 is 1.47 bits per heavy atom. The molecule has 0 aromatic heterocycles. The monoisotopic (exact) mass is 210 g/mol. The van der Waals surface area contributed by atoms with E-state index in [2.05, 4.69) is 0 Å². The summed E-state index contributed by atoms with van der Waals surface area (Å²) < 4.78 is 12.9. The lowest BCUT2D eigenvalue weighted by molar-refractivity contribution is 0.00730. The summed E-state index contributed by atoms with van der Waals surface area (Å²) >= 11 is 0. The van der Waals surface area contributed by atoms with E-state index < -0.39 is 6.09 Å². The zero-order chi connectivity index (χ0) is 11.0. The van der Waals surface area contributed by atoms with E-state index in [0.717, 1.165) is 16.1 Å². The number of rotatable bonds is 1. The molecular formula is C10H11FN2O2. The molecule has 0 fully saturated rings. The van der Waals surface area contributed by atoms with E-state index in [1.165, 1.54) is 19.2 Å². The van der Waals surface area contributed by atoms with Crippen LogP contribution < -0.4 is 0 Å². The number of carboxylic acid groups (broad SMARTS) is 1. The Morgan fingerprint density at radius 2 is 2.13 bits per heavy atom. The van der Waals surface area contributed by atoms with E-state index in [1.807, 2.05) is 0 Å². The predicted molar refractivity (Wildman–Crippen MR) is 51.4 cm³/mol. The molecule has 1 N–H and O–H groups in total. The summed E-state index contributed by atoms with van der Waals surface area (Å²) in [5.41, 5.74) is 1.83. The maximum Gasteiger partial charge on any atom is 0.421 e. The van der Waals surface area contributed by atoms with Crippen LogP contribution >= 0.6 is 0 Å². The molecule has 0 radical (unpaired) electrons. The van der Waals surface area contributed by atoms with E-state index in [0.29, 0.717) is 13.1 Å². The highest BCUT2D eigenvalue weighted by Gasteiger charge is 2.24. The van der Waals surface area contributed by atoms with Gasteiger partial charge in [-0.05, 0) is 23.3 Å². The van der Waals surface area contributed by atoms with Gasteiger partial charge in [0.15, 0.2) is 0 Å². The number of halogens is 1. The second kappa shape index (κ2) is 3.51. The van der Waals surface area contributed by atoms with Crippen molar-refractivity contribution in [1.29, 1.82) is 0 Å². The topological polar surface area (TPSA) is 43.8 Å². The average Bonchev–Trinajstić information content (AvgIpc) is 2.58. The molecule has 15 heavy (non-hydrogen) atoms. The summed E-state index contributed by atoms with van der Waals surface area (Å²) in [5.74, 6) is -0.284. The lowest BCUT2D eigenvalue weighted by Crippen LogP contribution is -2.39. The normalized spacial score (nSPS) is 15.1. The van der Waals surface area contributed by atoms with Crippen LogP contribution in [-0.4, -0.2) is 28.3 Å². The molecule has 1 aliphatic rings. The Morgan fingerprint density at radius 3 is 2.80 bits per heavy atom. The van der Waals surface area contributed by atoms with Gasteiger partial charge in [-0.25, -0.2) is 19.2 Å². The first-order chi connectivity index (χ1) is 7.08. The summed E-state index contributed by atoms with van der Waals surface area (Å²) in [4.78, 5) is 10.7. The van der Waals surface area contributed by atoms with E-state index in [1.54, 1.807) is 11.1 Å². The summed E-state index contributed by atoms with van der Waals surface area (Å²) in [6.07, 6.45) is -1.01. The smallest absolute Gasteiger partial charge is 0.421 e. The van der Waals surface area contributed by atoms with E-state index in [9.17, 15) is 9.18 Å². The van der Waals surface area contributed by atoms with Crippen LogP contribution in [0.25, 0.3) is 0 Å². The number of hydrazine groups is 1. The first-order valence-corrected chi connectivity index (χ1v) is 4.57. The standard InChI is InChI=1S/C10H11FN2O2/c1-12(10(14)15)13-5-7-2-3-9(11)4-8(7)6-13/h2-4H,5-6H2,1H3,(H,14,15). The van der Waals surface area contributed by atoms with Gasteiger partial charge < -0.3 is 5.11 Å². The van der Waals surface area contributed by atoms with Crippen molar-refractivity contribution in [3.8, 4) is 0 Å². The van der Waals surface area contributed by atoms with Crippen molar-refractivity contribution in [3.63, 3.8) is 0 Å². The fourth-order valence-electron chi connectivity index (χ4n) is 1.68. The molecule has 80 valence electrons. The second-order valence-corrected chi connectivity index (χ2v) is 3.54. The summed E-state index contributed by atoms with van der Waals surface area (Å²) in [6.45, 7) is 0.953. The highest BCUT2D eigenvalue weighted by atomic mass is 19.1. The van der Waals surface area contributed by atoms with E-state index in [-0.39, 0.29) is 5.82 Å². The molecule has 0 spiro atoms. The number of carbonyl (C=O) groups is 1. The first kappa shape index (κ1) is 9.92. The molecule has 1 amide bonds. The average molecular weight is 210 g/mol. The van der Waals surface area contributed by atoms with Crippen LogP contribution in [0.1, 0.15) is 11.1 Å². The molecule has 1 aromatic rings. The molecule has 0 aliphatic carbocycles. The Hall–Kier alpha value is -1.62. The number of hydrogen-bond donors (Lipinski definition) is 1. The molecule has 0 atom stereocenters. The molecule has 5 heteroatoms. The SMILES string of the molecule is CN(C(=O)O)N1Cc2ccc(F)cc2C1. The number of hydrogen-bond acceptors (Lipinski definition) is 2. The minimum atomic E-state index is -1.01. The van der Waals surface area contributed by atoms with Crippen LogP contribution in [0.2, 0.25) is 0 Å². The van der Waals surface area contributed by atoms with Crippen molar-refractivity contribution in [2.75, 3.05) is 7.05 Å². The van der Waals surface area contributed by atoms with Crippen molar-refractivity contribution in [2.45, 2.75) is 13.1 Å². The van der Waals surface area contributed by atoms with Crippen molar-refractivity contribution >= 4 is 6.09 Å². The maximum atomic E-state index is 12.9. The van der Waals surface area contributed by atoms with Crippen LogP contribution in [0.4, 0.5) is 9.18 Å².